The smallest absolute Gasteiger partial charge is 0.294 e. The third-order valence-corrected chi connectivity index (χ3v) is 6.90. The highest BCUT2D eigenvalue weighted by molar-refractivity contribution is 14.1. The monoisotopic (exact) mass is 614 g/mol. The Kier molecular flexibility index (Phi) is 8.32. The van der Waals surface area contributed by atoms with Crippen LogP contribution in [0, 0.1) is 10.5 Å². The van der Waals surface area contributed by atoms with E-state index in [-0.39, 0.29) is 11.4 Å². The summed E-state index contributed by atoms with van der Waals surface area (Å²) in [5, 5.41) is 2.23. The van der Waals surface area contributed by atoms with Crippen LogP contribution >= 0.6 is 34.4 Å². The number of benzene rings is 3. The third kappa shape index (κ3) is 6.46. The summed E-state index contributed by atoms with van der Waals surface area (Å²) >= 11 is 3.05. The van der Waals surface area contributed by atoms with Gasteiger partial charge in [0, 0.05) is 9.26 Å². The minimum atomic E-state index is -0.512. The zero-order valence-electron chi connectivity index (χ0n) is 19.6. The van der Waals surface area contributed by atoms with E-state index in [4.69, 9.17) is 9.47 Å². The first kappa shape index (κ1) is 25.8. The Morgan fingerprint density at radius 2 is 1.83 bits per heavy atom. The molecule has 3 aromatic rings. The summed E-state index contributed by atoms with van der Waals surface area (Å²) in [6.45, 7) is 1.94. The van der Waals surface area contributed by atoms with E-state index >= 15 is 0 Å². The molecule has 36 heavy (non-hydrogen) atoms. The minimum Gasteiger partial charge on any atom is -0.493 e. The Morgan fingerprint density at radius 1 is 1.06 bits per heavy atom. The second kappa shape index (κ2) is 11.6. The minimum absolute atomic E-state index is 0.234. The maximum absolute atomic E-state index is 12.8. The van der Waals surface area contributed by atoms with E-state index < -0.39 is 17.1 Å². The molecule has 9 heteroatoms. The first-order valence-corrected chi connectivity index (χ1v) is 12.9. The normalized spacial score (nSPS) is 14.3. The number of methoxy groups -OCH3 is 1. The van der Waals surface area contributed by atoms with E-state index in [1.807, 2.05) is 49.4 Å². The van der Waals surface area contributed by atoms with Gasteiger partial charge >= 0.3 is 0 Å². The first-order chi connectivity index (χ1) is 17.3. The van der Waals surface area contributed by atoms with Crippen LogP contribution in [0.5, 0.6) is 11.5 Å². The highest BCUT2D eigenvalue weighted by Gasteiger charge is 2.36. The van der Waals surface area contributed by atoms with Crippen LogP contribution in [0.1, 0.15) is 16.7 Å². The van der Waals surface area contributed by atoms with E-state index in [9.17, 15) is 14.4 Å². The summed E-state index contributed by atoms with van der Waals surface area (Å²) in [5.41, 5.74) is 3.30. The number of nitrogens with zero attached hydrogens (tertiary/aromatic N) is 1. The van der Waals surface area contributed by atoms with Crippen molar-refractivity contribution in [2.75, 3.05) is 19.0 Å². The number of hydrogen-bond acceptors (Lipinski definition) is 6. The molecule has 184 valence electrons. The second-order valence-corrected chi connectivity index (χ2v) is 10.2. The number of amides is 3. The van der Waals surface area contributed by atoms with Gasteiger partial charge in [-0.1, -0.05) is 30.3 Å². The SMILES string of the molecule is COc1cc(/C=C2\SC(=O)N(CC(=O)Nc3cccc(C)c3)C2=O)ccc1OCc1ccc(I)cc1. The molecule has 0 aromatic heterocycles. The number of anilines is 1. The summed E-state index contributed by atoms with van der Waals surface area (Å²) in [4.78, 5) is 38.9. The first-order valence-electron chi connectivity index (χ1n) is 11.0. The lowest BCUT2D eigenvalue weighted by Crippen LogP contribution is -2.36. The summed E-state index contributed by atoms with van der Waals surface area (Å²) in [7, 11) is 1.54. The lowest BCUT2D eigenvalue weighted by Gasteiger charge is -2.13. The summed E-state index contributed by atoms with van der Waals surface area (Å²) in [5.74, 6) is 0.114. The van der Waals surface area contributed by atoms with Gasteiger partial charge in [-0.05, 0) is 100 Å². The van der Waals surface area contributed by atoms with Crippen LogP contribution in [0.25, 0.3) is 6.08 Å². The third-order valence-electron chi connectivity index (χ3n) is 5.27. The fraction of sp³-hybridized carbons (Fsp3) is 0.148. The van der Waals surface area contributed by atoms with Gasteiger partial charge in [-0.25, -0.2) is 0 Å². The molecule has 0 unspecified atom stereocenters. The molecule has 1 N–H and O–H groups in total. The molecular weight excluding hydrogens is 591 g/mol. The highest BCUT2D eigenvalue weighted by Crippen LogP contribution is 2.34. The number of aryl methyl sites for hydroxylation is 1. The molecule has 3 aromatic carbocycles. The van der Waals surface area contributed by atoms with E-state index in [2.05, 4.69) is 27.9 Å². The molecule has 0 radical (unpaired) electrons. The molecule has 1 heterocycles. The molecule has 0 atom stereocenters. The van der Waals surface area contributed by atoms with Gasteiger partial charge in [0.05, 0.1) is 12.0 Å². The number of carbonyl (C=O) groups excluding carboxylic acids is 3. The zero-order valence-corrected chi connectivity index (χ0v) is 22.6. The van der Waals surface area contributed by atoms with Gasteiger partial charge in [-0.2, -0.15) is 0 Å². The Labute approximate surface area is 227 Å². The number of hydrogen-bond donors (Lipinski definition) is 1. The Balaban J connectivity index is 1.42. The van der Waals surface area contributed by atoms with Crippen LogP contribution in [0.15, 0.2) is 71.6 Å². The van der Waals surface area contributed by atoms with Crippen molar-refractivity contribution >= 4 is 63.2 Å². The zero-order chi connectivity index (χ0) is 25.7. The van der Waals surface area contributed by atoms with Crippen molar-refractivity contribution in [1.82, 2.24) is 4.90 Å². The van der Waals surface area contributed by atoms with Gasteiger partial charge in [-0.3, -0.25) is 19.3 Å². The van der Waals surface area contributed by atoms with Gasteiger partial charge < -0.3 is 14.8 Å². The van der Waals surface area contributed by atoms with Crippen molar-refractivity contribution in [3.63, 3.8) is 0 Å². The number of thioether (sulfide) groups is 1. The molecule has 7 nitrogen and oxygen atoms in total. The molecule has 4 rings (SSSR count). The summed E-state index contributed by atoms with van der Waals surface area (Å²) in [6, 6.07) is 20.6. The van der Waals surface area contributed by atoms with Crippen LogP contribution in [0.3, 0.4) is 0 Å². The molecule has 1 aliphatic rings. The van der Waals surface area contributed by atoms with E-state index in [1.165, 1.54) is 7.11 Å². The molecule has 0 bridgehead atoms. The molecule has 0 spiro atoms. The quantitative estimate of drug-likeness (QED) is 0.253. The fourth-order valence-corrected chi connectivity index (χ4v) is 4.69. The average molecular weight is 614 g/mol. The molecule has 1 aliphatic heterocycles. The predicted molar refractivity (Wildman–Crippen MR) is 149 cm³/mol. The van der Waals surface area contributed by atoms with Crippen molar-refractivity contribution in [2.24, 2.45) is 0 Å². The predicted octanol–water partition coefficient (Wildman–Crippen LogP) is 5.86. The standard InChI is InChI=1S/C27H23IN2O5S/c1-17-4-3-5-21(12-17)29-25(31)15-30-26(32)24(36-27(30)33)14-19-8-11-22(23(13-19)34-2)35-16-18-6-9-20(28)10-7-18/h3-14H,15-16H2,1-2H3,(H,29,31)/b24-14-. The maximum Gasteiger partial charge on any atom is 0.294 e. The fourth-order valence-electron chi connectivity index (χ4n) is 3.49. The second-order valence-electron chi connectivity index (χ2n) is 8.01. The molecule has 1 saturated heterocycles. The van der Waals surface area contributed by atoms with Crippen molar-refractivity contribution in [2.45, 2.75) is 13.5 Å². The Bertz CT molecular complexity index is 1340. The van der Waals surface area contributed by atoms with E-state index in [0.29, 0.717) is 29.4 Å². The van der Waals surface area contributed by atoms with Crippen LogP contribution < -0.4 is 14.8 Å². The number of nitrogens with one attached hydrogen (secondary N) is 1. The number of halogens is 1. The lowest BCUT2D eigenvalue weighted by atomic mass is 10.1. The van der Waals surface area contributed by atoms with Gasteiger partial charge in [0.15, 0.2) is 11.5 Å². The topological polar surface area (TPSA) is 84.9 Å². The molecule has 0 saturated carbocycles. The Morgan fingerprint density at radius 3 is 2.56 bits per heavy atom. The van der Waals surface area contributed by atoms with Crippen molar-refractivity contribution < 1.29 is 23.9 Å². The number of ether oxygens (including phenoxy) is 2. The van der Waals surface area contributed by atoms with Crippen LogP contribution in [0.4, 0.5) is 10.5 Å². The average Bonchev–Trinajstić information content (AvgIpc) is 3.11. The van der Waals surface area contributed by atoms with Gasteiger partial charge in [0.1, 0.15) is 13.2 Å². The lowest BCUT2D eigenvalue weighted by molar-refractivity contribution is -0.127. The van der Waals surface area contributed by atoms with Gasteiger partial charge in [0.2, 0.25) is 5.91 Å². The van der Waals surface area contributed by atoms with Crippen molar-refractivity contribution in [3.8, 4) is 11.5 Å². The van der Waals surface area contributed by atoms with Crippen molar-refractivity contribution in [1.29, 1.82) is 0 Å². The Hall–Kier alpha value is -3.31. The van der Waals surface area contributed by atoms with E-state index in [1.54, 1.807) is 30.3 Å². The highest BCUT2D eigenvalue weighted by atomic mass is 127. The molecular formula is C27H23IN2O5S. The number of rotatable bonds is 8. The van der Waals surface area contributed by atoms with Crippen LogP contribution in [0.2, 0.25) is 0 Å². The summed E-state index contributed by atoms with van der Waals surface area (Å²) < 4.78 is 12.5. The maximum atomic E-state index is 12.8. The molecule has 0 aliphatic carbocycles. The largest absolute Gasteiger partial charge is 0.493 e. The number of carbonyl (C=O) groups is 3. The van der Waals surface area contributed by atoms with Crippen LogP contribution in [-0.2, 0) is 16.2 Å². The molecule has 3 amide bonds. The van der Waals surface area contributed by atoms with Crippen LogP contribution in [-0.4, -0.2) is 35.6 Å². The number of imide groups is 1. The molecule has 1 fully saturated rings. The van der Waals surface area contributed by atoms with Crippen molar-refractivity contribution in [3.05, 3.63) is 91.9 Å². The van der Waals surface area contributed by atoms with E-state index in [0.717, 1.165) is 31.4 Å². The van der Waals surface area contributed by atoms with Gasteiger partial charge in [0.25, 0.3) is 11.1 Å². The van der Waals surface area contributed by atoms with Gasteiger partial charge in [-0.15, -0.1) is 0 Å². The summed E-state index contributed by atoms with van der Waals surface area (Å²) in [6.07, 6.45) is 1.61.